The summed E-state index contributed by atoms with van der Waals surface area (Å²) in [7, 11) is 3.02. The van der Waals surface area contributed by atoms with Crippen LogP contribution in [-0.2, 0) is 11.3 Å². The highest BCUT2D eigenvalue weighted by Crippen LogP contribution is 2.32. The van der Waals surface area contributed by atoms with E-state index in [9.17, 15) is 4.79 Å². The monoisotopic (exact) mass is 381 g/mol. The normalized spacial score (nSPS) is 10.3. The van der Waals surface area contributed by atoms with E-state index in [4.69, 9.17) is 21.1 Å². The Kier molecular flexibility index (Phi) is 5.99. The van der Waals surface area contributed by atoms with Crippen molar-refractivity contribution in [2.45, 2.75) is 6.54 Å². The van der Waals surface area contributed by atoms with E-state index in [0.29, 0.717) is 17.1 Å². The fourth-order valence-corrected chi connectivity index (χ4v) is 3.02. The van der Waals surface area contributed by atoms with Crippen molar-refractivity contribution in [1.29, 1.82) is 0 Å². The van der Waals surface area contributed by atoms with Gasteiger partial charge in [0.2, 0.25) is 0 Å². The van der Waals surface area contributed by atoms with Crippen LogP contribution in [-0.4, -0.2) is 20.2 Å². The molecule has 0 amide bonds. The van der Waals surface area contributed by atoms with Crippen molar-refractivity contribution in [1.82, 2.24) is 0 Å². The van der Waals surface area contributed by atoms with Gasteiger partial charge in [0.1, 0.15) is 5.75 Å². The lowest BCUT2D eigenvalue weighted by Crippen LogP contribution is -2.04. The fourth-order valence-electron chi connectivity index (χ4n) is 2.82. The van der Waals surface area contributed by atoms with Gasteiger partial charge in [-0.3, -0.25) is 0 Å². The van der Waals surface area contributed by atoms with Crippen LogP contribution in [0.3, 0.4) is 0 Å². The summed E-state index contributed by atoms with van der Waals surface area (Å²) < 4.78 is 10.3. The number of methoxy groups -OCH3 is 2. The van der Waals surface area contributed by atoms with Gasteiger partial charge in [0.15, 0.2) is 0 Å². The van der Waals surface area contributed by atoms with E-state index in [1.165, 1.54) is 7.11 Å². The van der Waals surface area contributed by atoms with Crippen LogP contribution in [0.25, 0.3) is 11.1 Å². The molecule has 3 rings (SSSR count). The maximum absolute atomic E-state index is 11.7. The van der Waals surface area contributed by atoms with Gasteiger partial charge < -0.3 is 14.8 Å². The number of hydrogen-bond donors (Lipinski definition) is 1. The second-order valence-corrected chi connectivity index (χ2v) is 6.41. The molecule has 0 saturated carbocycles. The van der Waals surface area contributed by atoms with Gasteiger partial charge in [-0.1, -0.05) is 35.9 Å². The van der Waals surface area contributed by atoms with Gasteiger partial charge in [-0.15, -0.1) is 0 Å². The van der Waals surface area contributed by atoms with Crippen LogP contribution < -0.4 is 10.1 Å². The third kappa shape index (κ3) is 4.60. The molecule has 1 N–H and O–H groups in total. The first-order valence-corrected chi connectivity index (χ1v) is 8.83. The molecule has 0 aliphatic heterocycles. The second kappa shape index (κ2) is 8.60. The summed E-state index contributed by atoms with van der Waals surface area (Å²) in [4.78, 5) is 11.7. The average Bonchev–Trinajstić information content (AvgIpc) is 2.71. The first kappa shape index (κ1) is 18.8. The Morgan fingerprint density at radius 2 is 1.81 bits per heavy atom. The van der Waals surface area contributed by atoms with E-state index in [0.717, 1.165) is 28.1 Å². The van der Waals surface area contributed by atoms with Crippen molar-refractivity contribution < 1.29 is 14.3 Å². The number of carbonyl (C=O) groups is 1. The summed E-state index contributed by atoms with van der Waals surface area (Å²) >= 11 is 6.13. The molecule has 0 aliphatic rings. The van der Waals surface area contributed by atoms with Gasteiger partial charge in [-0.2, -0.15) is 0 Å². The lowest BCUT2D eigenvalue weighted by atomic mass is 10.0. The Hall–Kier alpha value is -2.98. The van der Waals surface area contributed by atoms with Crippen LogP contribution >= 0.6 is 11.6 Å². The molecule has 0 atom stereocenters. The van der Waals surface area contributed by atoms with Crippen molar-refractivity contribution in [2.75, 3.05) is 19.5 Å². The molecule has 138 valence electrons. The lowest BCUT2D eigenvalue weighted by Gasteiger charge is -2.13. The first-order chi connectivity index (χ1) is 13.1. The van der Waals surface area contributed by atoms with E-state index in [2.05, 4.69) is 11.4 Å². The number of carbonyl (C=O) groups excluding carboxylic acids is 1. The molecular formula is C22H20ClNO3. The summed E-state index contributed by atoms with van der Waals surface area (Å²) in [6.45, 7) is 0.599. The van der Waals surface area contributed by atoms with Gasteiger partial charge in [-0.25, -0.2) is 4.79 Å². The average molecular weight is 382 g/mol. The minimum atomic E-state index is -0.355. The quantitative estimate of drug-likeness (QED) is 0.579. The number of halogens is 1. The summed E-state index contributed by atoms with van der Waals surface area (Å²) in [5, 5.41) is 4.01. The minimum Gasteiger partial charge on any atom is -0.496 e. The topological polar surface area (TPSA) is 47.6 Å². The smallest absolute Gasteiger partial charge is 0.337 e. The molecule has 3 aromatic rings. The fraction of sp³-hybridized carbons (Fsp3) is 0.136. The third-order valence-electron chi connectivity index (χ3n) is 4.18. The number of rotatable bonds is 6. The largest absolute Gasteiger partial charge is 0.496 e. The minimum absolute atomic E-state index is 0.355. The molecule has 0 radical (unpaired) electrons. The van der Waals surface area contributed by atoms with Crippen molar-refractivity contribution in [3.63, 3.8) is 0 Å². The van der Waals surface area contributed by atoms with E-state index in [1.54, 1.807) is 19.2 Å². The van der Waals surface area contributed by atoms with Gasteiger partial charge in [0, 0.05) is 22.8 Å². The van der Waals surface area contributed by atoms with Crippen LogP contribution in [0.5, 0.6) is 5.75 Å². The highest BCUT2D eigenvalue weighted by atomic mass is 35.5. The summed E-state index contributed by atoms with van der Waals surface area (Å²) in [5.74, 6) is 0.431. The Bertz CT molecular complexity index is 956. The Morgan fingerprint density at radius 1 is 1.00 bits per heavy atom. The highest BCUT2D eigenvalue weighted by Gasteiger charge is 2.09. The van der Waals surface area contributed by atoms with E-state index >= 15 is 0 Å². The molecule has 0 heterocycles. The van der Waals surface area contributed by atoms with E-state index < -0.39 is 0 Å². The van der Waals surface area contributed by atoms with Crippen LogP contribution in [0, 0.1) is 0 Å². The van der Waals surface area contributed by atoms with Gasteiger partial charge >= 0.3 is 5.97 Å². The lowest BCUT2D eigenvalue weighted by molar-refractivity contribution is 0.0601. The van der Waals surface area contributed by atoms with Crippen molar-refractivity contribution in [3.05, 3.63) is 82.9 Å². The SMILES string of the molecule is COC(=O)c1cccc(NCc2ccc(OC)c(-c3cccc(Cl)c3)c2)c1. The van der Waals surface area contributed by atoms with Gasteiger partial charge in [0.25, 0.3) is 0 Å². The molecule has 3 aromatic carbocycles. The number of ether oxygens (including phenoxy) is 2. The maximum atomic E-state index is 11.7. The molecule has 0 fully saturated rings. The van der Waals surface area contributed by atoms with E-state index in [-0.39, 0.29) is 5.97 Å². The molecular weight excluding hydrogens is 362 g/mol. The highest BCUT2D eigenvalue weighted by molar-refractivity contribution is 6.30. The molecule has 0 aromatic heterocycles. The molecule has 4 nitrogen and oxygen atoms in total. The Morgan fingerprint density at radius 3 is 2.56 bits per heavy atom. The van der Waals surface area contributed by atoms with Gasteiger partial charge in [-0.05, 0) is 53.6 Å². The zero-order valence-corrected chi connectivity index (χ0v) is 15.9. The molecule has 0 unspecified atom stereocenters. The van der Waals surface area contributed by atoms with Crippen LogP contribution in [0.1, 0.15) is 15.9 Å². The number of esters is 1. The number of benzene rings is 3. The predicted molar refractivity (Wildman–Crippen MR) is 109 cm³/mol. The number of anilines is 1. The zero-order valence-electron chi connectivity index (χ0n) is 15.2. The standard InChI is InChI=1S/C22H20ClNO3/c1-26-21-10-9-15(11-20(21)16-5-3-7-18(23)12-16)14-24-19-8-4-6-17(13-19)22(25)27-2/h3-13,24H,14H2,1-2H3. The van der Waals surface area contributed by atoms with Gasteiger partial charge in [0.05, 0.1) is 19.8 Å². The first-order valence-electron chi connectivity index (χ1n) is 8.46. The maximum Gasteiger partial charge on any atom is 0.337 e. The summed E-state index contributed by atoms with van der Waals surface area (Å²) in [5.41, 5.74) is 4.40. The number of hydrogen-bond acceptors (Lipinski definition) is 4. The molecule has 5 heteroatoms. The van der Waals surface area contributed by atoms with Crippen molar-refractivity contribution >= 4 is 23.3 Å². The van der Waals surface area contributed by atoms with E-state index in [1.807, 2.05) is 48.5 Å². The van der Waals surface area contributed by atoms with Crippen LogP contribution in [0.15, 0.2) is 66.7 Å². The molecule has 0 aliphatic carbocycles. The Balaban J connectivity index is 1.82. The zero-order chi connectivity index (χ0) is 19.2. The van der Waals surface area contributed by atoms with Crippen molar-refractivity contribution in [2.24, 2.45) is 0 Å². The molecule has 27 heavy (non-hydrogen) atoms. The third-order valence-corrected chi connectivity index (χ3v) is 4.41. The molecule has 0 spiro atoms. The predicted octanol–water partition coefficient (Wildman–Crippen LogP) is 5.41. The Labute approximate surface area is 163 Å². The number of nitrogens with one attached hydrogen (secondary N) is 1. The van der Waals surface area contributed by atoms with Crippen LogP contribution in [0.2, 0.25) is 5.02 Å². The molecule has 0 saturated heterocycles. The summed E-state index contributed by atoms with van der Waals surface area (Å²) in [6, 6.07) is 20.9. The van der Waals surface area contributed by atoms with Crippen LogP contribution in [0.4, 0.5) is 5.69 Å². The summed E-state index contributed by atoms with van der Waals surface area (Å²) in [6.07, 6.45) is 0. The molecule has 0 bridgehead atoms. The second-order valence-electron chi connectivity index (χ2n) is 5.97. The van der Waals surface area contributed by atoms with Crippen molar-refractivity contribution in [3.8, 4) is 16.9 Å².